The van der Waals surface area contributed by atoms with Gasteiger partial charge in [0.05, 0.1) is 18.8 Å². The first-order valence-corrected chi connectivity index (χ1v) is 5.65. The van der Waals surface area contributed by atoms with Gasteiger partial charge in [0.15, 0.2) is 0 Å². The molecule has 0 aromatic heterocycles. The average molecular weight is 281 g/mol. The fraction of sp³-hybridized carbons (Fsp3) is 0.900. The summed E-state index contributed by atoms with van der Waals surface area (Å²) < 4.78 is 9.87. The summed E-state index contributed by atoms with van der Waals surface area (Å²) in [5.74, 6) is -4.30. The Bertz CT molecular complexity index is 327. The fourth-order valence-corrected chi connectivity index (χ4v) is 2.03. The van der Waals surface area contributed by atoms with Crippen molar-refractivity contribution >= 4 is 5.97 Å². The third kappa shape index (κ3) is 3.20. The molecule has 0 spiro atoms. The summed E-state index contributed by atoms with van der Waals surface area (Å²) in [6.07, 6.45) is -5.85. The van der Waals surface area contributed by atoms with Crippen LogP contribution in [0.2, 0.25) is 0 Å². The number of rotatable bonds is 5. The molecule has 0 bridgehead atoms. The molecule has 6 atom stereocenters. The Morgan fingerprint density at radius 1 is 1.63 bits per heavy atom. The first-order chi connectivity index (χ1) is 8.76. The van der Waals surface area contributed by atoms with Gasteiger partial charge in [0.1, 0.15) is 18.3 Å². The lowest BCUT2D eigenvalue weighted by Gasteiger charge is -2.44. The number of aliphatic carboxylic acids is 1. The molecule has 112 valence electrons. The first kappa shape index (κ1) is 16.2. The monoisotopic (exact) mass is 281 g/mol. The Morgan fingerprint density at radius 3 is 2.63 bits per heavy atom. The third-order valence-electron chi connectivity index (χ3n) is 3.14. The van der Waals surface area contributed by atoms with Gasteiger partial charge in [0, 0.05) is 13.5 Å². The highest BCUT2D eigenvalue weighted by Gasteiger charge is 2.52. The molecule has 3 unspecified atom stereocenters. The molecule has 9 heteroatoms. The van der Waals surface area contributed by atoms with Crippen LogP contribution in [0.15, 0.2) is 0 Å². The molecule has 7 N–H and O–H groups in total. The van der Waals surface area contributed by atoms with Crippen molar-refractivity contribution in [1.82, 2.24) is 0 Å². The number of hydrogen-bond acceptors (Lipinski definition) is 8. The molecule has 0 radical (unpaired) electrons. The van der Waals surface area contributed by atoms with Gasteiger partial charge in [-0.1, -0.05) is 0 Å². The van der Waals surface area contributed by atoms with Crippen molar-refractivity contribution < 1.29 is 39.8 Å². The standard InChI is InChI=1S/C10H19NO8/c1-18-7(5(14)3-12)8-6(11)4(13)2-10(17,19-8)9(15)16/h4-8,12-14,17H,2-3,11H2,1H3,(H,15,16)/t4?,5?,6-,7-,8?,10-/m1/s1. The van der Waals surface area contributed by atoms with E-state index in [9.17, 15) is 20.1 Å². The summed E-state index contributed by atoms with van der Waals surface area (Å²) in [7, 11) is 1.19. The van der Waals surface area contributed by atoms with E-state index < -0.39 is 55.2 Å². The van der Waals surface area contributed by atoms with Crippen molar-refractivity contribution in [3.8, 4) is 0 Å². The quantitative estimate of drug-likeness (QED) is 0.301. The predicted octanol–water partition coefficient (Wildman–Crippen LogP) is -3.40. The van der Waals surface area contributed by atoms with Crippen LogP contribution in [0, 0.1) is 0 Å². The molecule has 1 heterocycles. The number of aliphatic hydroxyl groups excluding tert-OH is 3. The number of nitrogens with two attached hydrogens (primary N) is 1. The normalized spacial score (nSPS) is 38.7. The molecule has 1 fully saturated rings. The van der Waals surface area contributed by atoms with Gasteiger partial charge < -0.3 is 40.7 Å². The van der Waals surface area contributed by atoms with Crippen LogP contribution in [0.5, 0.6) is 0 Å². The lowest BCUT2D eigenvalue weighted by Crippen LogP contribution is -2.66. The first-order valence-electron chi connectivity index (χ1n) is 5.65. The minimum Gasteiger partial charge on any atom is -0.477 e. The van der Waals surface area contributed by atoms with Gasteiger partial charge in [0.2, 0.25) is 0 Å². The fourth-order valence-electron chi connectivity index (χ4n) is 2.03. The molecule has 1 saturated heterocycles. The van der Waals surface area contributed by atoms with Gasteiger partial charge in [-0.2, -0.15) is 0 Å². The Labute approximate surface area is 109 Å². The van der Waals surface area contributed by atoms with Crippen LogP contribution in [0.4, 0.5) is 0 Å². The summed E-state index contributed by atoms with van der Waals surface area (Å²) in [4.78, 5) is 10.9. The van der Waals surface area contributed by atoms with Gasteiger partial charge in [-0.05, 0) is 0 Å². The van der Waals surface area contributed by atoms with Crippen molar-refractivity contribution in [2.45, 2.75) is 42.7 Å². The summed E-state index contributed by atoms with van der Waals surface area (Å²) in [5, 5.41) is 46.8. The molecule has 9 nitrogen and oxygen atoms in total. The number of carboxylic acids is 1. The van der Waals surface area contributed by atoms with E-state index in [1.165, 1.54) is 7.11 Å². The van der Waals surface area contributed by atoms with E-state index in [0.29, 0.717) is 0 Å². The molecule has 1 aliphatic heterocycles. The Hall–Kier alpha value is -0.810. The van der Waals surface area contributed by atoms with Crippen LogP contribution in [-0.4, -0.2) is 81.5 Å². The molecule has 0 aromatic rings. The zero-order valence-electron chi connectivity index (χ0n) is 10.3. The summed E-state index contributed by atoms with van der Waals surface area (Å²) >= 11 is 0. The Kier molecular flexibility index (Phi) is 5.21. The van der Waals surface area contributed by atoms with Crippen LogP contribution >= 0.6 is 0 Å². The summed E-state index contributed by atoms with van der Waals surface area (Å²) in [6.45, 7) is -0.674. The maximum absolute atomic E-state index is 10.9. The van der Waals surface area contributed by atoms with E-state index in [2.05, 4.69) is 0 Å². The predicted molar refractivity (Wildman–Crippen MR) is 59.9 cm³/mol. The maximum atomic E-state index is 10.9. The molecule has 19 heavy (non-hydrogen) atoms. The lowest BCUT2D eigenvalue weighted by molar-refractivity contribution is -0.294. The van der Waals surface area contributed by atoms with Crippen LogP contribution < -0.4 is 5.73 Å². The highest BCUT2D eigenvalue weighted by Crippen LogP contribution is 2.30. The number of methoxy groups -OCH3 is 1. The zero-order chi connectivity index (χ0) is 14.8. The molecule has 0 aliphatic carbocycles. The van der Waals surface area contributed by atoms with Gasteiger partial charge in [0.25, 0.3) is 5.79 Å². The number of carbonyl (C=O) groups is 1. The second-order valence-electron chi connectivity index (χ2n) is 4.47. The zero-order valence-corrected chi connectivity index (χ0v) is 10.3. The van der Waals surface area contributed by atoms with E-state index in [1.807, 2.05) is 0 Å². The van der Waals surface area contributed by atoms with Crippen molar-refractivity contribution in [1.29, 1.82) is 0 Å². The number of carboxylic acid groups (broad SMARTS) is 1. The Morgan fingerprint density at radius 2 is 2.21 bits per heavy atom. The summed E-state index contributed by atoms with van der Waals surface area (Å²) in [5.41, 5.74) is 5.66. The van der Waals surface area contributed by atoms with Crippen molar-refractivity contribution in [3.05, 3.63) is 0 Å². The molecule has 1 aliphatic rings. The topological polar surface area (TPSA) is 163 Å². The van der Waals surface area contributed by atoms with E-state index in [0.717, 1.165) is 0 Å². The average Bonchev–Trinajstić information content (AvgIpc) is 2.35. The second kappa shape index (κ2) is 6.09. The summed E-state index contributed by atoms with van der Waals surface area (Å²) in [6, 6.07) is -1.08. The molecule has 0 amide bonds. The minimum atomic E-state index is -2.62. The van der Waals surface area contributed by atoms with Gasteiger partial charge in [-0.25, -0.2) is 4.79 Å². The molecule has 0 saturated carbocycles. The third-order valence-corrected chi connectivity index (χ3v) is 3.14. The van der Waals surface area contributed by atoms with E-state index in [4.69, 9.17) is 25.4 Å². The molecular weight excluding hydrogens is 262 g/mol. The van der Waals surface area contributed by atoms with Crippen molar-refractivity contribution in [2.24, 2.45) is 5.73 Å². The van der Waals surface area contributed by atoms with Crippen LogP contribution in [-0.2, 0) is 14.3 Å². The van der Waals surface area contributed by atoms with Gasteiger partial charge in [-0.15, -0.1) is 0 Å². The van der Waals surface area contributed by atoms with Crippen LogP contribution in [0.25, 0.3) is 0 Å². The van der Waals surface area contributed by atoms with Crippen LogP contribution in [0.3, 0.4) is 0 Å². The van der Waals surface area contributed by atoms with E-state index >= 15 is 0 Å². The molecule has 0 aromatic carbocycles. The second-order valence-corrected chi connectivity index (χ2v) is 4.47. The number of ether oxygens (including phenoxy) is 2. The van der Waals surface area contributed by atoms with Crippen molar-refractivity contribution in [2.75, 3.05) is 13.7 Å². The Balaban J connectivity index is 2.99. The van der Waals surface area contributed by atoms with Gasteiger partial charge in [-0.3, -0.25) is 0 Å². The number of aliphatic hydroxyl groups is 4. The SMILES string of the molecule is CO[C@H](C(O)CO)C1O[C@@](O)(C(=O)O)CC(O)[C@H]1N. The van der Waals surface area contributed by atoms with Crippen molar-refractivity contribution in [3.63, 3.8) is 0 Å². The highest BCUT2D eigenvalue weighted by atomic mass is 16.7. The molecule has 1 rings (SSSR count). The lowest BCUT2D eigenvalue weighted by atomic mass is 9.89. The highest BCUT2D eigenvalue weighted by molar-refractivity contribution is 5.75. The van der Waals surface area contributed by atoms with Crippen LogP contribution in [0.1, 0.15) is 6.42 Å². The molecular formula is C10H19NO8. The number of hydrogen-bond donors (Lipinski definition) is 6. The van der Waals surface area contributed by atoms with Gasteiger partial charge >= 0.3 is 5.97 Å². The van der Waals surface area contributed by atoms with E-state index in [1.54, 1.807) is 0 Å². The van der Waals surface area contributed by atoms with E-state index in [-0.39, 0.29) is 0 Å². The smallest absolute Gasteiger partial charge is 0.364 e. The maximum Gasteiger partial charge on any atom is 0.364 e. The minimum absolute atomic E-state index is 0.606. The largest absolute Gasteiger partial charge is 0.477 e.